The smallest absolute Gasteiger partial charge is 0.195 e. The van der Waals surface area contributed by atoms with Crippen LogP contribution in [0.4, 0.5) is 5.82 Å². The third kappa shape index (κ3) is 2.56. The number of aromatic nitrogens is 2. The molecule has 1 fully saturated rings. The molecule has 0 spiro atoms. The van der Waals surface area contributed by atoms with Crippen LogP contribution < -0.4 is 10.6 Å². The van der Waals surface area contributed by atoms with Gasteiger partial charge >= 0.3 is 0 Å². The fourth-order valence-corrected chi connectivity index (χ4v) is 4.13. The van der Waals surface area contributed by atoms with Crippen LogP contribution in [0.1, 0.15) is 32.9 Å². The van der Waals surface area contributed by atoms with Gasteiger partial charge in [0, 0.05) is 37.1 Å². The molecule has 5 heteroatoms. The van der Waals surface area contributed by atoms with E-state index in [1.165, 1.54) is 12.1 Å². The standard InChI is InChI=1S/C15H24N4S/c1-10-6-11(2)9-18(8-10)14-13(7-12(3)16)19-4-5-20-15(19)17-14/h4-5,10-12H,6-9,16H2,1-3H3. The zero-order chi connectivity index (χ0) is 14.3. The second kappa shape index (κ2) is 5.37. The summed E-state index contributed by atoms with van der Waals surface area (Å²) in [5.41, 5.74) is 7.32. The highest BCUT2D eigenvalue weighted by Crippen LogP contribution is 2.30. The van der Waals surface area contributed by atoms with E-state index in [1.807, 2.05) is 0 Å². The number of anilines is 1. The van der Waals surface area contributed by atoms with Crippen molar-refractivity contribution in [3.05, 3.63) is 17.3 Å². The zero-order valence-corrected chi connectivity index (χ0v) is 13.4. The Balaban J connectivity index is 1.99. The van der Waals surface area contributed by atoms with Crippen LogP contribution in [-0.4, -0.2) is 28.5 Å². The molecule has 0 aromatic carbocycles. The second-order valence-electron chi connectivity index (χ2n) is 6.47. The van der Waals surface area contributed by atoms with Gasteiger partial charge in [0.2, 0.25) is 0 Å². The maximum Gasteiger partial charge on any atom is 0.195 e. The van der Waals surface area contributed by atoms with Crippen LogP contribution in [0.5, 0.6) is 0 Å². The molecule has 110 valence electrons. The van der Waals surface area contributed by atoms with Crippen LogP contribution in [0.2, 0.25) is 0 Å². The number of piperidine rings is 1. The molecule has 0 amide bonds. The van der Waals surface area contributed by atoms with E-state index in [1.54, 1.807) is 11.3 Å². The average Bonchev–Trinajstić information content (AvgIpc) is 2.90. The highest BCUT2D eigenvalue weighted by Gasteiger charge is 2.26. The van der Waals surface area contributed by atoms with Gasteiger partial charge in [-0.3, -0.25) is 4.40 Å². The number of nitrogens with two attached hydrogens (primary N) is 1. The van der Waals surface area contributed by atoms with E-state index in [2.05, 4.69) is 41.6 Å². The first kappa shape index (κ1) is 13.9. The number of imidazole rings is 1. The van der Waals surface area contributed by atoms with Crippen LogP contribution >= 0.6 is 11.3 Å². The lowest BCUT2D eigenvalue weighted by Crippen LogP contribution is -2.39. The van der Waals surface area contributed by atoms with Crippen LogP contribution in [0.3, 0.4) is 0 Å². The van der Waals surface area contributed by atoms with Crippen molar-refractivity contribution in [3.8, 4) is 0 Å². The number of thiazole rings is 1. The Morgan fingerprint density at radius 1 is 1.40 bits per heavy atom. The molecule has 1 aliphatic heterocycles. The maximum atomic E-state index is 6.04. The van der Waals surface area contributed by atoms with E-state index in [4.69, 9.17) is 10.7 Å². The predicted molar refractivity (Wildman–Crippen MR) is 85.6 cm³/mol. The van der Waals surface area contributed by atoms with Crippen molar-refractivity contribution in [2.75, 3.05) is 18.0 Å². The van der Waals surface area contributed by atoms with Crippen molar-refractivity contribution in [3.63, 3.8) is 0 Å². The van der Waals surface area contributed by atoms with Gasteiger partial charge in [-0.05, 0) is 25.2 Å². The molecule has 0 radical (unpaired) electrons. The molecule has 2 N–H and O–H groups in total. The molecule has 3 atom stereocenters. The van der Waals surface area contributed by atoms with E-state index < -0.39 is 0 Å². The topological polar surface area (TPSA) is 46.6 Å². The second-order valence-corrected chi connectivity index (χ2v) is 7.34. The van der Waals surface area contributed by atoms with Crippen LogP contribution in [0, 0.1) is 11.8 Å². The molecule has 3 unspecified atom stereocenters. The molecule has 2 aromatic rings. The van der Waals surface area contributed by atoms with Gasteiger partial charge in [0.25, 0.3) is 0 Å². The lowest BCUT2D eigenvalue weighted by Gasteiger charge is -2.35. The molecule has 0 saturated carbocycles. The monoisotopic (exact) mass is 292 g/mol. The fourth-order valence-electron chi connectivity index (χ4n) is 3.40. The van der Waals surface area contributed by atoms with E-state index in [0.717, 1.165) is 42.1 Å². The highest BCUT2D eigenvalue weighted by molar-refractivity contribution is 7.15. The van der Waals surface area contributed by atoms with Crippen LogP contribution in [-0.2, 0) is 6.42 Å². The number of hydrogen-bond acceptors (Lipinski definition) is 4. The molecular formula is C15H24N4S. The van der Waals surface area contributed by atoms with Gasteiger partial charge in [0.1, 0.15) is 0 Å². The lowest BCUT2D eigenvalue weighted by atomic mass is 9.92. The van der Waals surface area contributed by atoms with Crippen molar-refractivity contribution >= 4 is 22.1 Å². The third-order valence-corrected chi connectivity index (χ3v) is 4.78. The van der Waals surface area contributed by atoms with Gasteiger partial charge in [-0.1, -0.05) is 13.8 Å². The fraction of sp³-hybridized carbons (Fsp3) is 0.667. The summed E-state index contributed by atoms with van der Waals surface area (Å²) in [5.74, 6) is 2.64. The molecule has 3 rings (SSSR count). The molecular weight excluding hydrogens is 268 g/mol. The van der Waals surface area contributed by atoms with E-state index in [-0.39, 0.29) is 6.04 Å². The van der Waals surface area contributed by atoms with Crippen molar-refractivity contribution in [1.29, 1.82) is 0 Å². The summed E-state index contributed by atoms with van der Waals surface area (Å²) < 4.78 is 2.22. The molecule has 3 heterocycles. The summed E-state index contributed by atoms with van der Waals surface area (Å²) in [7, 11) is 0. The molecule has 4 nitrogen and oxygen atoms in total. The Bertz CT molecular complexity index is 576. The van der Waals surface area contributed by atoms with E-state index >= 15 is 0 Å². The van der Waals surface area contributed by atoms with Crippen molar-refractivity contribution in [2.24, 2.45) is 17.6 Å². The van der Waals surface area contributed by atoms with Gasteiger partial charge in [0.15, 0.2) is 10.8 Å². The van der Waals surface area contributed by atoms with Gasteiger partial charge < -0.3 is 10.6 Å². The maximum absolute atomic E-state index is 6.04. The summed E-state index contributed by atoms with van der Waals surface area (Å²) in [4.78, 5) is 8.42. The van der Waals surface area contributed by atoms with Gasteiger partial charge in [0.05, 0.1) is 5.69 Å². The first-order chi connectivity index (χ1) is 9.54. The minimum Gasteiger partial charge on any atom is -0.355 e. The minimum absolute atomic E-state index is 0.160. The van der Waals surface area contributed by atoms with Crippen molar-refractivity contribution in [2.45, 2.75) is 39.7 Å². The summed E-state index contributed by atoms with van der Waals surface area (Å²) in [6.45, 7) is 8.97. The van der Waals surface area contributed by atoms with Gasteiger partial charge in [-0.25, -0.2) is 4.98 Å². The largest absolute Gasteiger partial charge is 0.355 e. The number of nitrogens with zero attached hydrogens (tertiary/aromatic N) is 3. The molecule has 0 bridgehead atoms. The van der Waals surface area contributed by atoms with Gasteiger partial charge in [-0.2, -0.15) is 0 Å². The average molecular weight is 292 g/mol. The minimum atomic E-state index is 0.160. The Morgan fingerprint density at radius 2 is 2.10 bits per heavy atom. The normalized spacial score (nSPS) is 25.3. The quantitative estimate of drug-likeness (QED) is 0.946. The molecule has 1 saturated heterocycles. The predicted octanol–water partition coefficient (Wildman–Crippen LogP) is 2.77. The Hall–Kier alpha value is -1.07. The van der Waals surface area contributed by atoms with Gasteiger partial charge in [-0.15, -0.1) is 11.3 Å². The zero-order valence-electron chi connectivity index (χ0n) is 12.5. The number of hydrogen-bond donors (Lipinski definition) is 1. The first-order valence-electron chi connectivity index (χ1n) is 7.49. The Labute approximate surface area is 124 Å². The molecule has 0 aliphatic carbocycles. The molecule has 20 heavy (non-hydrogen) atoms. The first-order valence-corrected chi connectivity index (χ1v) is 8.37. The summed E-state index contributed by atoms with van der Waals surface area (Å²) >= 11 is 1.70. The summed E-state index contributed by atoms with van der Waals surface area (Å²) in [6, 6.07) is 0.160. The summed E-state index contributed by atoms with van der Waals surface area (Å²) in [6.07, 6.45) is 4.32. The molecule has 1 aliphatic rings. The SMILES string of the molecule is CC(N)Cc1c(N2CC(C)CC(C)C2)nc2sccn12. The molecule has 2 aromatic heterocycles. The Kier molecular flexibility index (Phi) is 3.73. The number of fused-ring (bicyclic) bond motifs is 1. The highest BCUT2D eigenvalue weighted by atomic mass is 32.1. The number of rotatable bonds is 3. The van der Waals surface area contributed by atoms with Crippen LogP contribution in [0.25, 0.3) is 4.96 Å². The third-order valence-electron chi connectivity index (χ3n) is 4.02. The van der Waals surface area contributed by atoms with E-state index in [9.17, 15) is 0 Å². The van der Waals surface area contributed by atoms with Crippen molar-refractivity contribution in [1.82, 2.24) is 9.38 Å². The van der Waals surface area contributed by atoms with Crippen LogP contribution in [0.15, 0.2) is 11.6 Å². The Morgan fingerprint density at radius 3 is 2.75 bits per heavy atom. The van der Waals surface area contributed by atoms with Crippen molar-refractivity contribution < 1.29 is 0 Å². The lowest BCUT2D eigenvalue weighted by molar-refractivity contribution is 0.355. The van der Waals surface area contributed by atoms with E-state index in [0.29, 0.717) is 0 Å². The summed E-state index contributed by atoms with van der Waals surface area (Å²) in [5, 5.41) is 2.10.